The number of benzene rings is 3. The van der Waals surface area contributed by atoms with Gasteiger partial charge in [0.25, 0.3) is 0 Å². The summed E-state index contributed by atoms with van der Waals surface area (Å²) in [5, 5.41) is 14.8. The lowest BCUT2D eigenvalue weighted by Crippen LogP contribution is -2.46. The number of para-hydroxylation sites is 1. The molecule has 3 aromatic rings. The van der Waals surface area contributed by atoms with Crippen LogP contribution in [0, 0.1) is 0 Å². The molecule has 0 bridgehead atoms. The summed E-state index contributed by atoms with van der Waals surface area (Å²) in [6, 6.07) is 27.5. The molecule has 0 aliphatic carbocycles. The Hall–Kier alpha value is -4.04. The Morgan fingerprint density at radius 3 is 1.97 bits per heavy atom. The molecule has 1 aliphatic heterocycles. The van der Waals surface area contributed by atoms with Gasteiger partial charge in [0.1, 0.15) is 0 Å². The third-order valence-electron chi connectivity index (χ3n) is 6.11. The zero-order chi connectivity index (χ0) is 26.5. The second-order valence-corrected chi connectivity index (χ2v) is 8.59. The standard InChI is InChI=1S/C27H32N2O2.C2H2O4/c1-30-26-13-12-24(22-27(26)31-21-15-23-8-4-2-5-9-23)14-16-28-17-19-29(20-18-28)25-10-6-3-7-11-25;3-1(4)2(5)6/h2-13,22H,14-21H2,1H3;(H,3,4)(H,5,6). The number of hydrogen-bond donors (Lipinski definition) is 2. The molecule has 0 atom stereocenters. The van der Waals surface area contributed by atoms with E-state index in [9.17, 15) is 0 Å². The fourth-order valence-corrected chi connectivity index (χ4v) is 4.07. The van der Waals surface area contributed by atoms with Crippen LogP contribution in [-0.2, 0) is 22.4 Å². The van der Waals surface area contributed by atoms with Gasteiger partial charge in [-0.15, -0.1) is 0 Å². The first-order chi connectivity index (χ1) is 18.0. The normalized spacial score (nSPS) is 13.3. The highest BCUT2D eigenvalue weighted by Gasteiger charge is 2.17. The number of aliphatic carboxylic acids is 2. The van der Waals surface area contributed by atoms with Gasteiger partial charge in [-0.2, -0.15) is 0 Å². The van der Waals surface area contributed by atoms with Crippen LogP contribution in [0.5, 0.6) is 11.5 Å². The van der Waals surface area contributed by atoms with Crippen LogP contribution in [0.15, 0.2) is 78.9 Å². The van der Waals surface area contributed by atoms with Crippen molar-refractivity contribution in [2.75, 3.05) is 51.3 Å². The molecule has 1 saturated heterocycles. The molecule has 8 heteroatoms. The molecule has 0 amide bonds. The van der Waals surface area contributed by atoms with Gasteiger partial charge in [-0.25, -0.2) is 9.59 Å². The molecule has 3 aromatic carbocycles. The number of anilines is 1. The highest BCUT2D eigenvalue weighted by atomic mass is 16.5. The molecule has 0 saturated carbocycles. The number of nitrogens with zero attached hydrogens (tertiary/aromatic N) is 2. The monoisotopic (exact) mass is 506 g/mol. The minimum Gasteiger partial charge on any atom is -0.493 e. The van der Waals surface area contributed by atoms with E-state index in [2.05, 4.69) is 76.5 Å². The van der Waals surface area contributed by atoms with E-state index in [1.807, 2.05) is 12.1 Å². The average molecular weight is 507 g/mol. The predicted octanol–water partition coefficient (Wildman–Crippen LogP) is 3.84. The first kappa shape index (κ1) is 27.5. The highest BCUT2D eigenvalue weighted by molar-refractivity contribution is 6.27. The highest BCUT2D eigenvalue weighted by Crippen LogP contribution is 2.28. The minimum atomic E-state index is -1.82. The van der Waals surface area contributed by atoms with Gasteiger partial charge in [-0.1, -0.05) is 54.6 Å². The van der Waals surface area contributed by atoms with Crippen molar-refractivity contribution < 1.29 is 29.3 Å². The van der Waals surface area contributed by atoms with E-state index in [0.717, 1.165) is 57.1 Å². The summed E-state index contributed by atoms with van der Waals surface area (Å²) >= 11 is 0. The van der Waals surface area contributed by atoms with Crippen LogP contribution in [0.2, 0.25) is 0 Å². The summed E-state index contributed by atoms with van der Waals surface area (Å²) < 4.78 is 11.6. The first-order valence-electron chi connectivity index (χ1n) is 12.3. The average Bonchev–Trinajstić information content (AvgIpc) is 2.93. The third-order valence-corrected chi connectivity index (χ3v) is 6.11. The number of ether oxygens (including phenoxy) is 2. The molecule has 37 heavy (non-hydrogen) atoms. The number of carboxylic acid groups (broad SMARTS) is 2. The van der Waals surface area contributed by atoms with Gasteiger partial charge >= 0.3 is 11.9 Å². The summed E-state index contributed by atoms with van der Waals surface area (Å²) in [5.74, 6) is -2.01. The number of methoxy groups -OCH3 is 1. The number of hydrogen-bond acceptors (Lipinski definition) is 6. The lowest BCUT2D eigenvalue weighted by Gasteiger charge is -2.36. The van der Waals surface area contributed by atoms with Crippen molar-refractivity contribution in [3.05, 3.63) is 90.0 Å². The summed E-state index contributed by atoms with van der Waals surface area (Å²) in [4.78, 5) is 23.2. The zero-order valence-electron chi connectivity index (χ0n) is 21.1. The largest absolute Gasteiger partial charge is 0.493 e. The van der Waals surface area contributed by atoms with Crippen molar-refractivity contribution in [2.45, 2.75) is 12.8 Å². The van der Waals surface area contributed by atoms with Gasteiger partial charge in [0.05, 0.1) is 13.7 Å². The van der Waals surface area contributed by atoms with Crippen molar-refractivity contribution in [3.63, 3.8) is 0 Å². The lowest BCUT2D eigenvalue weighted by molar-refractivity contribution is -0.159. The van der Waals surface area contributed by atoms with Crippen LogP contribution in [0.3, 0.4) is 0 Å². The van der Waals surface area contributed by atoms with Crippen molar-refractivity contribution in [2.24, 2.45) is 0 Å². The first-order valence-corrected chi connectivity index (χ1v) is 12.3. The van der Waals surface area contributed by atoms with E-state index >= 15 is 0 Å². The van der Waals surface area contributed by atoms with E-state index in [0.29, 0.717) is 6.61 Å². The number of piperazine rings is 1. The fourth-order valence-electron chi connectivity index (χ4n) is 4.07. The minimum absolute atomic E-state index is 0.644. The molecular formula is C29H34N2O6. The molecule has 2 N–H and O–H groups in total. The Morgan fingerprint density at radius 2 is 1.38 bits per heavy atom. The van der Waals surface area contributed by atoms with Crippen LogP contribution in [-0.4, -0.2) is 73.5 Å². The lowest BCUT2D eigenvalue weighted by atomic mass is 10.1. The van der Waals surface area contributed by atoms with Crippen molar-refractivity contribution in [3.8, 4) is 11.5 Å². The Morgan fingerprint density at radius 1 is 0.757 bits per heavy atom. The SMILES string of the molecule is COc1ccc(CCN2CCN(c3ccccc3)CC2)cc1OCCc1ccccc1.O=C(O)C(=O)O. The van der Waals surface area contributed by atoms with Gasteiger partial charge in [0.15, 0.2) is 11.5 Å². The maximum absolute atomic E-state index is 9.10. The van der Waals surface area contributed by atoms with E-state index < -0.39 is 11.9 Å². The van der Waals surface area contributed by atoms with Crippen LogP contribution in [0.1, 0.15) is 11.1 Å². The molecule has 0 spiro atoms. The molecule has 0 radical (unpaired) electrons. The van der Waals surface area contributed by atoms with Gasteiger partial charge < -0.3 is 24.6 Å². The maximum atomic E-state index is 9.10. The molecule has 8 nitrogen and oxygen atoms in total. The van der Waals surface area contributed by atoms with Crippen LogP contribution in [0.4, 0.5) is 5.69 Å². The summed E-state index contributed by atoms with van der Waals surface area (Å²) in [6.45, 7) is 6.08. The summed E-state index contributed by atoms with van der Waals surface area (Å²) in [7, 11) is 1.70. The zero-order valence-corrected chi connectivity index (χ0v) is 21.1. The van der Waals surface area contributed by atoms with Crippen LogP contribution in [0.25, 0.3) is 0 Å². The number of carbonyl (C=O) groups is 2. The Kier molecular flexibility index (Phi) is 10.8. The second-order valence-electron chi connectivity index (χ2n) is 8.59. The Labute approximate surface area is 217 Å². The van der Waals surface area contributed by atoms with E-state index in [4.69, 9.17) is 29.3 Å². The van der Waals surface area contributed by atoms with Gasteiger partial charge in [0, 0.05) is 44.8 Å². The van der Waals surface area contributed by atoms with Crippen molar-refractivity contribution >= 4 is 17.6 Å². The van der Waals surface area contributed by atoms with Crippen molar-refractivity contribution in [1.29, 1.82) is 0 Å². The third kappa shape index (κ3) is 9.16. The van der Waals surface area contributed by atoms with Crippen LogP contribution >= 0.6 is 0 Å². The fraction of sp³-hybridized carbons (Fsp3) is 0.310. The molecule has 1 heterocycles. The molecule has 1 aliphatic rings. The molecule has 0 aromatic heterocycles. The number of rotatable bonds is 9. The summed E-state index contributed by atoms with van der Waals surface area (Å²) in [6.07, 6.45) is 1.91. The Balaban J connectivity index is 0.000000568. The van der Waals surface area contributed by atoms with Crippen molar-refractivity contribution in [1.82, 2.24) is 4.90 Å². The van der Waals surface area contributed by atoms with Gasteiger partial charge in [-0.05, 0) is 41.8 Å². The maximum Gasteiger partial charge on any atom is 0.414 e. The second kappa shape index (κ2) is 14.5. The number of carboxylic acids is 2. The van der Waals surface area contributed by atoms with E-state index in [-0.39, 0.29) is 0 Å². The predicted molar refractivity (Wildman–Crippen MR) is 143 cm³/mol. The molecule has 0 unspecified atom stereocenters. The Bertz CT molecular complexity index is 1100. The molecule has 196 valence electrons. The smallest absolute Gasteiger partial charge is 0.414 e. The summed E-state index contributed by atoms with van der Waals surface area (Å²) in [5.41, 5.74) is 3.91. The topological polar surface area (TPSA) is 99.5 Å². The molecule has 1 fully saturated rings. The van der Waals surface area contributed by atoms with Gasteiger partial charge in [0.2, 0.25) is 0 Å². The van der Waals surface area contributed by atoms with Gasteiger partial charge in [-0.3, -0.25) is 4.90 Å². The molecule has 4 rings (SSSR count). The van der Waals surface area contributed by atoms with E-state index in [1.165, 1.54) is 16.8 Å². The van der Waals surface area contributed by atoms with Crippen LogP contribution < -0.4 is 14.4 Å². The molecular weight excluding hydrogens is 472 g/mol. The van der Waals surface area contributed by atoms with E-state index in [1.54, 1.807) is 7.11 Å². The quantitative estimate of drug-likeness (QED) is 0.423.